The number of nitrogens with zero attached hydrogens (tertiary/aromatic N) is 1. The zero-order chi connectivity index (χ0) is 14.7. The van der Waals surface area contributed by atoms with Gasteiger partial charge in [0.05, 0.1) is 7.11 Å². The molecule has 0 atom stereocenters. The summed E-state index contributed by atoms with van der Waals surface area (Å²) in [4.78, 5) is 4.43. The Labute approximate surface area is 127 Å². The molecular formula is C16H16N2O2S. The molecule has 5 heteroatoms. The molecule has 0 saturated carbocycles. The van der Waals surface area contributed by atoms with Crippen LogP contribution in [0.15, 0.2) is 52.1 Å². The monoisotopic (exact) mass is 300 g/mol. The summed E-state index contributed by atoms with van der Waals surface area (Å²) in [5, 5.41) is 0.684. The van der Waals surface area contributed by atoms with Gasteiger partial charge >= 0.3 is 0 Å². The molecule has 0 fully saturated rings. The van der Waals surface area contributed by atoms with E-state index in [0.29, 0.717) is 10.9 Å². The molecule has 3 aromatic rings. The second-order valence-electron chi connectivity index (χ2n) is 4.65. The lowest BCUT2D eigenvalue weighted by atomic mass is 10.2. The van der Waals surface area contributed by atoms with E-state index >= 15 is 0 Å². The van der Waals surface area contributed by atoms with Gasteiger partial charge < -0.3 is 14.9 Å². The second kappa shape index (κ2) is 6.10. The Kier molecular flexibility index (Phi) is 4.01. The Morgan fingerprint density at radius 3 is 2.76 bits per heavy atom. The third-order valence-corrected chi connectivity index (χ3v) is 4.00. The van der Waals surface area contributed by atoms with Crippen LogP contribution in [0, 0.1) is 0 Å². The first-order valence-corrected chi connectivity index (χ1v) is 7.65. The minimum absolute atomic E-state index is 0.684. The number of hydrogen-bond donors (Lipinski definition) is 1. The summed E-state index contributed by atoms with van der Waals surface area (Å²) in [6.45, 7) is 0. The van der Waals surface area contributed by atoms with Crippen molar-refractivity contribution in [1.29, 1.82) is 0 Å². The van der Waals surface area contributed by atoms with E-state index in [0.717, 1.165) is 29.0 Å². The van der Waals surface area contributed by atoms with E-state index < -0.39 is 0 Å². The lowest BCUT2D eigenvalue weighted by Crippen LogP contribution is -1.89. The molecule has 0 amide bonds. The van der Waals surface area contributed by atoms with E-state index in [-0.39, 0.29) is 0 Å². The summed E-state index contributed by atoms with van der Waals surface area (Å²) in [5.74, 6) is 1.79. The quantitative estimate of drug-likeness (QED) is 0.574. The largest absolute Gasteiger partial charge is 0.497 e. The predicted molar refractivity (Wildman–Crippen MR) is 85.8 cm³/mol. The predicted octanol–water partition coefficient (Wildman–Crippen LogP) is 3.75. The third-order valence-electron chi connectivity index (χ3n) is 3.17. The summed E-state index contributed by atoms with van der Waals surface area (Å²) in [6, 6.07) is 13.6. The molecule has 21 heavy (non-hydrogen) atoms. The molecule has 0 saturated heterocycles. The van der Waals surface area contributed by atoms with Crippen LogP contribution in [0.1, 0.15) is 5.56 Å². The molecule has 0 spiro atoms. The second-order valence-corrected chi connectivity index (χ2v) is 5.70. The maximum atomic E-state index is 5.73. The van der Waals surface area contributed by atoms with Crippen molar-refractivity contribution in [2.24, 2.45) is 0 Å². The van der Waals surface area contributed by atoms with Gasteiger partial charge in [0.15, 0.2) is 5.58 Å². The summed E-state index contributed by atoms with van der Waals surface area (Å²) < 4.78 is 10.8. The van der Waals surface area contributed by atoms with Gasteiger partial charge in [-0.15, -0.1) is 0 Å². The molecule has 2 N–H and O–H groups in total. The average Bonchev–Trinajstić information content (AvgIpc) is 2.89. The number of nitrogen functional groups attached to an aromatic ring is 1. The molecule has 108 valence electrons. The molecule has 0 bridgehead atoms. The number of benzene rings is 2. The number of anilines is 1. The fourth-order valence-electron chi connectivity index (χ4n) is 2.03. The molecule has 0 unspecified atom stereocenters. The number of oxazole rings is 1. The first kappa shape index (κ1) is 13.8. The van der Waals surface area contributed by atoms with Crippen LogP contribution in [0.3, 0.4) is 0 Å². The normalized spacial score (nSPS) is 10.9. The first-order valence-electron chi connectivity index (χ1n) is 6.66. The van der Waals surface area contributed by atoms with E-state index in [1.807, 2.05) is 24.3 Å². The third kappa shape index (κ3) is 3.31. The molecule has 2 aromatic carbocycles. The van der Waals surface area contributed by atoms with Crippen LogP contribution in [0.4, 0.5) is 5.69 Å². The van der Waals surface area contributed by atoms with Crippen LogP contribution >= 0.6 is 11.8 Å². The molecule has 0 aliphatic carbocycles. The van der Waals surface area contributed by atoms with E-state index in [9.17, 15) is 0 Å². The van der Waals surface area contributed by atoms with Crippen molar-refractivity contribution in [2.45, 2.75) is 11.6 Å². The highest BCUT2D eigenvalue weighted by atomic mass is 32.2. The Morgan fingerprint density at radius 2 is 2.00 bits per heavy atom. The number of aromatic nitrogens is 1. The first-order chi connectivity index (χ1) is 10.2. The SMILES string of the molecule is COc1ccc(CCSc2nc3ccc(N)cc3o2)cc1. The van der Waals surface area contributed by atoms with Gasteiger partial charge in [0, 0.05) is 17.5 Å². The molecule has 0 radical (unpaired) electrons. The molecule has 3 rings (SSSR count). The highest BCUT2D eigenvalue weighted by molar-refractivity contribution is 7.99. The number of ether oxygens (including phenoxy) is 1. The number of nitrogens with two attached hydrogens (primary N) is 1. The van der Waals surface area contributed by atoms with Gasteiger partial charge in [-0.3, -0.25) is 0 Å². The van der Waals surface area contributed by atoms with Crippen molar-refractivity contribution < 1.29 is 9.15 Å². The van der Waals surface area contributed by atoms with Gasteiger partial charge in [-0.2, -0.15) is 0 Å². The average molecular weight is 300 g/mol. The molecule has 0 aliphatic rings. The van der Waals surface area contributed by atoms with Crippen LogP contribution in [0.25, 0.3) is 11.1 Å². The van der Waals surface area contributed by atoms with Gasteiger partial charge in [-0.25, -0.2) is 4.98 Å². The fourth-order valence-corrected chi connectivity index (χ4v) is 2.85. The number of hydrogen-bond acceptors (Lipinski definition) is 5. The number of aryl methyl sites for hydroxylation is 1. The van der Waals surface area contributed by atoms with Crippen LogP contribution < -0.4 is 10.5 Å². The van der Waals surface area contributed by atoms with Gasteiger partial charge in [0.25, 0.3) is 5.22 Å². The number of methoxy groups -OCH3 is 1. The Morgan fingerprint density at radius 1 is 1.19 bits per heavy atom. The maximum absolute atomic E-state index is 5.73. The van der Waals surface area contributed by atoms with Crippen LogP contribution in [-0.2, 0) is 6.42 Å². The maximum Gasteiger partial charge on any atom is 0.256 e. The standard InChI is InChI=1S/C16H16N2O2S/c1-19-13-5-2-11(3-6-13)8-9-21-16-18-14-7-4-12(17)10-15(14)20-16/h2-7,10H,8-9,17H2,1H3. The van der Waals surface area contributed by atoms with Crippen molar-refractivity contribution >= 4 is 28.5 Å². The topological polar surface area (TPSA) is 61.3 Å². The lowest BCUT2D eigenvalue weighted by Gasteiger charge is -2.02. The number of rotatable bonds is 5. The Bertz CT molecular complexity index is 738. The van der Waals surface area contributed by atoms with E-state index in [1.54, 1.807) is 24.9 Å². The van der Waals surface area contributed by atoms with Crippen LogP contribution in [-0.4, -0.2) is 17.8 Å². The molecule has 1 aromatic heterocycles. The van der Waals surface area contributed by atoms with E-state index in [2.05, 4.69) is 17.1 Å². The summed E-state index contributed by atoms with van der Waals surface area (Å²) in [7, 11) is 1.67. The molecule has 0 aliphatic heterocycles. The van der Waals surface area contributed by atoms with Gasteiger partial charge in [-0.1, -0.05) is 23.9 Å². The van der Waals surface area contributed by atoms with Gasteiger partial charge in [0.1, 0.15) is 11.3 Å². The highest BCUT2D eigenvalue weighted by Gasteiger charge is 2.06. The van der Waals surface area contributed by atoms with Gasteiger partial charge in [0.2, 0.25) is 0 Å². The summed E-state index contributed by atoms with van der Waals surface area (Å²) >= 11 is 1.61. The number of thioether (sulfide) groups is 1. The van der Waals surface area contributed by atoms with Crippen molar-refractivity contribution in [1.82, 2.24) is 4.98 Å². The molecular weight excluding hydrogens is 284 g/mol. The minimum Gasteiger partial charge on any atom is -0.497 e. The van der Waals surface area contributed by atoms with Crippen LogP contribution in [0.2, 0.25) is 0 Å². The van der Waals surface area contributed by atoms with Crippen molar-refractivity contribution in [2.75, 3.05) is 18.6 Å². The zero-order valence-corrected chi connectivity index (χ0v) is 12.5. The fraction of sp³-hybridized carbons (Fsp3) is 0.188. The number of fused-ring (bicyclic) bond motifs is 1. The van der Waals surface area contributed by atoms with Crippen molar-refractivity contribution in [3.05, 3.63) is 48.0 Å². The summed E-state index contributed by atoms with van der Waals surface area (Å²) in [6.07, 6.45) is 0.954. The lowest BCUT2D eigenvalue weighted by molar-refractivity contribution is 0.414. The zero-order valence-electron chi connectivity index (χ0n) is 11.7. The Hall–Kier alpha value is -2.14. The van der Waals surface area contributed by atoms with Gasteiger partial charge in [-0.05, 0) is 36.2 Å². The van der Waals surface area contributed by atoms with Crippen LogP contribution in [0.5, 0.6) is 5.75 Å². The minimum atomic E-state index is 0.684. The van der Waals surface area contributed by atoms with Crippen molar-refractivity contribution in [3.63, 3.8) is 0 Å². The Balaban J connectivity index is 1.60. The smallest absolute Gasteiger partial charge is 0.256 e. The summed E-state index contributed by atoms with van der Waals surface area (Å²) in [5.41, 5.74) is 9.27. The molecule has 1 heterocycles. The van der Waals surface area contributed by atoms with E-state index in [1.165, 1.54) is 5.56 Å². The van der Waals surface area contributed by atoms with E-state index in [4.69, 9.17) is 14.9 Å². The highest BCUT2D eigenvalue weighted by Crippen LogP contribution is 2.25. The van der Waals surface area contributed by atoms with Crippen molar-refractivity contribution in [3.8, 4) is 5.75 Å². The molecule has 4 nitrogen and oxygen atoms in total.